The lowest BCUT2D eigenvalue weighted by Gasteiger charge is -2.53. The zero-order valence-electron chi connectivity index (χ0n) is 9.94. The third-order valence-corrected chi connectivity index (χ3v) is 4.98. The summed E-state index contributed by atoms with van der Waals surface area (Å²) in [5.74, 6) is 0.530. The van der Waals surface area contributed by atoms with Crippen LogP contribution in [0.3, 0.4) is 0 Å². The standard InChI is InChI=1S/C13H23NO2/c15-12-7-3-6-11(12)14-8-13(16,9-14)10-4-1-2-5-10/h10-12,15-16H,1-9H2/t11-,12-/m1/s1. The highest BCUT2D eigenvalue weighted by atomic mass is 16.3. The number of nitrogens with zero attached hydrogens (tertiary/aromatic N) is 1. The molecule has 3 heteroatoms. The summed E-state index contributed by atoms with van der Waals surface area (Å²) in [5.41, 5.74) is -0.418. The largest absolute Gasteiger partial charge is 0.391 e. The lowest BCUT2D eigenvalue weighted by molar-refractivity contribution is -0.157. The fourth-order valence-corrected chi connectivity index (χ4v) is 3.96. The van der Waals surface area contributed by atoms with Crippen molar-refractivity contribution in [2.24, 2.45) is 5.92 Å². The SMILES string of the molecule is O[C@@H]1CCC[C@H]1N1CC(O)(C2CCCC2)C1. The molecule has 0 aromatic heterocycles. The first kappa shape index (κ1) is 11.0. The van der Waals surface area contributed by atoms with E-state index < -0.39 is 5.60 Å². The normalized spacial score (nSPS) is 40.1. The van der Waals surface area contributed by atoms with Gasteiger partial charge < -0.3 is 10.2 Å². The first-order chi connectivity index (χ1) is 7.69. The Morgan fingerprint density at radius 1 is 0.938 bits per heavy atom. The zero-order chi connectivity index (χ0) is 11.2. The number of hydrogen-bond acceptors (Lipinski definition) is 3. The molecule has 2 aliphatic carbocycles. The number of aliphatic hydroxyl groups excluding tert-OH is 1. The molecule has 1 heterocycles. The van der Waals surface area contributed by atoms with Crippen LogP contribution < -0.4 is 0 Å². The molecule has 1 saturated heterocycles. The number of β-amino-alcohol motifs (C(OH)–C–C–N with tert-alkyl or cyclic N) is 1. The predicted molar refractivity (Wildman–Crippen MR) is 62.1 cm³/mol. The van der Waals surface area contributed by atoms with E-state index in [1.807, 2.05) is 0 Å². The Hall–Kier alpha value is -0.120. The number of aliphatic hydroxyl groups is 2. The molecule has 2 atom stereocenters. The van der Waals surface area contributed by atoms with Gasteiger partial charge in [0.15, 0.2) is 0 Å². The van der Waals surface area contributed by atoms with Crippen LogP contribution in [0.2, 0.25) is 0 Å². The van der Waals surface area contributed by atoms with Crippen LogP contribution in [0, 0.1) is 5.92 Å². The Balaban J connectivity index is 1.56. The van der Waals surface area contributed by atoms with E-state index in [-0.39, 0.29) is 6.10 Å². The summed E-state index contributed by atoms with van der Waals surface area (Å²) < 4.78 is 0. The molecule has 0 radical (unpaired) electrons. The van der Waals surface area contributed by atoms with Crippen LogP contribution in [-0.4, -0.2) is 45.9 Å². The molecular weight excluding hydrogens is 202 g/mol. The molecule has 3 aliphatic rings. The van der Waals surface area contributed by atoms with E-state index in [2.05, 4.69) is 4.90 Å². The second kappa shape index (κ2) is 3.97. The molecular formula is C13H23NO2. The molecule has 0 unspecified atom stereocenters. The van der Waals surface area contributed by atoms with Crippen LogP contribution in [0.1, 0.15) is 44.9 Å². The van der Waals surface area contributed by atoms with E-state index in [1.165, 1.54) is 25.7 Å². The van der Waals surface area contributed by atoms with Crippen LogP contribution in [0.15, 0.2) is 0 Å². The van der Waals surface area contributed by atoms with E-state index in [0.29, 0.717) is 12.0 Å². The predicted octanol–water partition coefficient (Wildman–Crippen LogP) is 1.14. The van der Waals surface area contributed by atoms with Crippen molar-refractivity contribution in [1.82, 2.24) is 4.90 Å². The van der Waals surface area contributed by atoms with Gasteiger partial charge in [-0.3, -0.25) is 4.90 Å². The minimum Gasteiger partial charge on any atom is -0.391 e. The maximum absolute atomic E-state index is 10.5. The molecule has 1 aliphatic heterocycles. The highest BCUT2D eigenvalue weighted by molar-refractivity contribution is 5.05. The lowest BCUT2D eigenvalue weighted by Crippen LogP contribution is -2.68. The summed E-state index contributed by atoms with van der Waals surface area (Å²) in [5, 5.41) is 20.3. The van der Waals surface area contributed by atoms with Crippen LogP contribution >= 0.6 is 0 Å². The molecule has 0 aromatic carbocycles. The molecule has 2 N–H and O–H groups in total. The van der Waals surface area contributed by atoms with Crippen LogP contribution in [0.25, 0.3) is 0 Å². The van der Waals surface area contributed by atoms with Crippen molar-refractivity contribution in [2.75, 3.05) is 13.1 Å². The first-order valence-electron chi connectivity index (χ1n) is 6.83. The zero-order valence-corrected chi connectivity index (χ0v) is 9.94. The second-order valence-corrected chi connectivity index (χ2v) is 6.06. The molecule has 0 aromatic rings. The van der Waals surface area contributed by atoms with Gasteiger partial charge in [-0.25, -0.2) is 0 Å². The highest BCUT2D eigenvalue weighted by Crippen LogP contribution is 2.41. The summed E-state index contributed by atoms with van der Waals surface area (Å²) in [6, 6.07) is 0.335. The second-order valence-electron chi connectivity index (χ2n) is 6.06. The molecule has 3 nitrogen and oxygen atoms in total. The van der Waals surface area contributed by atoms with Crippen molar-refractivity contribution in [2.45, 2.75) is 62.7 Å². The van der Waals surface area contributed by atoms with Gasteiger partial charge in [-0.1, -0.05) is 12.8 Å². The monoisotopic (exact) mass is 225 g/mol. The van der Waals surface area contributed by atoms with Gasteiger partial charge in [-0.2, -0.15) is 0 Å². The smallest absolute Gasteiger partial charge is 0.0928 e. The summed E-state index contributed by atoms with van der Waals surface area (Å²) >= 11 is 0. The fourth-order valence-electron chi connectivity index (χ4n) is 3.96. The van der Waals surface area contributed by atoms with Gasteiger partial charge in [0.2, 0.25) is 0 Å². The topological polar surface area (TPSA) is 43.7 Å². The Morgan fingerprint density at radius 3 is 2.19 bits per heavy atom. The molecule has 0 amide bonds. The lowest BCUT2D eigenvalue weighted by atomic mass is 9.78. The maximum Gasteiger partial charge on any atom is 0.0928 e. The molecule has 92 valence electrons. The highest BCUT2D eigenvalue weighted by Gasteiger charge is 2.51. The third kappa shape index (κ3) is 1.69. The van der Waals surface area contributed by atoms with Crippen molar-refractivity contribution >= 4 is 0 Å². The van der Waals surface area contributed by atoms with E-state index >= 15 is 0 Å². The van der Waals surface area contributed by atoms with Crippen LogP contribution in [0.4, 0.5) is 0 Å². The number of rotatable bonds is 2. The van der Waals surface area contributed by atoms with Gasteiger partial charge >= 0.3 is 0 Å². The maximum atomic E-state index is 10.5. The minimum atomic E-state index is -0.418. The van der Waals surface area contributed by atoms with E-state index in [1.54, 1.807) is 0 Å². The molecule has 0 bridgehead atoms. The van der Waals surface area contributed by atoms with Gasteiger partial charge in [0.1, 0.15) is 0 Å². The fraction of sp³-hybridized carbons (Fsp3) is 1.00. The van der Waals surface area contributed by atoms with Crippen molar-refractivity contribution in [3.05, 3.63) is 0 Å². The molecule has 16 heavy (non-hydrogen) atoms. The quantitative estimate of drug-likeness (QED) is 0.740. The van der Waals surface area contributed by atoms with E-state index in [9.17, 15) is 10.2 Å². The van der Waals surface area contributed by atoms with Gasteiger partial charge in [-0.05, 0) is 38.0 Å². The van der Waals surface area contributed by atoms with E-state index in [4.69, 9.17) is 0 Å². The average molecular weight is 225 g/mol. The van der Waals surface area contributed by atoms with Gasteiger partial charge in [0.05, 0.1) is 11.7 Å². The number of hydrogen-bond donors (Lipinski definition) is 2. The number of likely N-dealkylation sites (tertiary alicyclic amines) is 1. The first-order valence-corrected chi connectivity index (χ1v) is 6.83. The summed E-state index contributed by atoms with van der Waals surface area (Å²) in [6.07, 6.45) is 8.05. The van der Waals surface area contributed by atoms with Crippen molar-refractivity contribution in [1.29, 1.82) is 0 Å². The molecule has 3 fully saturated rings. The van der Waals surface area contributed by atoms with E-state index in [0.717, 1.165) is 32.4 Å². The third-order valence-electron chi connectivity index (χ3n) is 4.98. The molecule has 0 spiro atoms. The van der Waals surface area contributed by atoms with Crippen molar-refractivity contribution in [3.8, 4) is 0 Å². The Kier molecular flexibility index (Phi) is 2.73. The van der Waals surface area contributed by atoms with Crippen molar-refractivity contribution < 1.29 is 10.2 Å². The average Bonchev–Trinajstić information content (AvgIpc) is 2.83. The Labute approximate surface area is 97.4 Å². The summed E-state index contributed by atoms with van der Waals surface area (Å²) in [7, 11) is 0. The van der Waals surface area contributed by atoms with Crippen molar-refractivity contribution in [3.63, 3.8) is 0 Å². The van der Waals surface area contributed by atoms with Gasteiger partial charge in [0.25, 0.3) is 0 Å². The minimum absolute atomic E-state index is 0.145. The van der Waals surface area contributed by atoms with Crippen LogP contribution in [0.5, 0.6) is 0 Å². The Bertz CT molecular complexity index is 257. The summed E-state index contributed by atoms with van der Waals surface area (Å²) in [6.45, 7) is 1.61. The van der Waals surface area contributed by atoms with Gasteiger partial charge in [0, 0.05) is 19.1 Å². The Morgan fingerprint density at radius 2 is 1.62 bits per heavy atom. The molecule has 2 saturated carbocycles. The van der Waals surface area contributed by atoms with Crippen LogP contribution in [-0.2, 0) is 0 Å². The molecule has 3 rings (SSSR count). The summed E-state index contributed by atoms with van der Waals surface area (Å²) in [4.78, 5) is 2.30. The van der Waals surface area contributed by atoms with Gasteiger partial charge in [-0.15, -0.1) is 0 Å².